The third-order valence-electron chi connectivity index (χ3n) is 3.56. The molecule has 0 heterocycles. The van der Waals surface area contributed by atoms with E-state index < -0.39 is 11.8 Å². The van der Waals surface area contributed by atoms with E-state index in [-0.39, 0.29) is 13.2 Å². The Hall–Kier alpha value is -3.42. The lowest BCUT2D eigenvalue weighted by molar-refractivity contribution is -0.125. The largest absolute Gasteiger partial charge is 0.497 e. The van der Waals surface area contributed by atoms with Gasteiger partial charge in [0.25, 0.3) is 5.91 Å². The van der Waals surface area contributed by atoms with Gasteiger partial charge in [0.05, 0.1) is 33.6 Å². The molecule has 0 unspecified atom stereocenters. The average Bonchev–Trinajstić information content (AvgIpc) is 2.71. The first kappa shape index (κ1) is 19.9. The van der Waals surface area contributed by atoms with Crippen LogP contribution in [-0.4, -0.2) is 46.3 Å². The predicted octanol–water partition coefficient (Wildman–Crippen LogP) is 1.85. The van der Waals surface area contributed by atoms with Gasteiger partial charge < -0.3 is 29.6 Å². The third kappa shape index (κ3) is 5.81. The Bertz CT molecular complexity index is 794. The first-order valence-electron chi connectivity index (χ1n) is 8.11. The fourth-order valence-corrected chi connectivity index (χ4v) is 2.21. The first-order chi connectivity index (χ1) is 13.1. The number of benzene rings is 2. The summed E-state index contributed by atoms with van der Waals surface area (Å²) in [6.07, 6.45) is 0. The van der Waals surface area contributed by atoms with Gasteiger partial charge in [-0.25, -0.2) is 0 Å². The molecular formula is C19H22N2O6. The van der Waals surface area contributed by atoms with Gasteiger partial charge in [-0.05, 0) is 24.3 Å². The van der Waals surface area contributed by atoms with Gasteiger partial charge in [-0.3, -0.25) is 9.59 Å². The van der Waals surface area contributed by atoms with Crippen LogP contribution in [0.2, 0.25) is 0 Å². The molecule has 0 aliphatic rings. The van der Waals surface area contributed by atoms with E-state index in [1.165, 1.54) is 21.3 Å². The number of ether oxygens (including phenoxy) is 4. The van der Waals surface area contributed by atoms with Gasteiger partial charge in [-0.15, -0.1) is 0 Å². The van der Waals surface area contributed by atoms with Gasteiger partial charge in [0.15, 0.2) is 18.1 Å². The summed E-state index contributed by atoms with van der Waals surface area (Å²) in [6, 6.07) is 12.0. The summed E-state index contributed by atoms with van der Waals surface area (Å²) in [5.41, 5.74) is 0.475. The molecule has 144 valence electrons. The maximum atomic E-state index is 12.0. The van der Waals surface area contributed by atoms with Crippen LogP contribution in [0.15, 0.2) is 42.5 Å². The van der Waals surface area contributed by atoms with Crippen molar-refractivity contribution in [3.8, 4) is 23.0 Å². The zero-order valence-electron chi connectivity index (χ0n) is 15.4. The second kappa shape index (κ2) is 9.91. The van der Waals surface area contributed by atoms with E-state index in [0.717, 1.165) is 0 Å². The van der Waals surface area contributed by atoms with Crippen LogP contribution >= 0.6 is 0 Å². The first-order valence-corrected chi connectivity index (χ1v) is 8.11. The molecule has 8 heteroatoms. The van der Waals surface area contributed by atoms with Crippen molar-refractivity contribution in [3.05, 3.63) is 42.5 Å². The highest BCUT2D eigenvalue weighted by Gasteiger charge is 2.11. The van der Waals surface area contributed by atoms with Crippen molar-refractivity contribution in [1.29, 1.82) is 0 Å². The van der Waals surface area contributed by atoms with E-state index >= 15 is 0 Å². The number of anilines is 1. The summed E-state index contributed by atoms with van der Waals surface area (Å²) >= 11 is 0. The van der Waals surface area contributed by atoms with Gasteiger partial charge in [-0.2, -0.15) is 0 Å². The Morgan fingerprint density at radius 2 is 1.56 bits per heavy atom. The normalized spacial score (nSPS) is 9.89. The molecule has 0 atom stereocenters. The SMILES string of the molecule is COc1ccc(NC(=O)CNC(=O)COc2ccccc2OC)c(OC)c1. The number of hydrogen-bond donors (Lipinski definition) is 2. The van der Waals surface area contributed by atoms with Crippen molar-refractivity contribution in [2.45, 2.75) is 0 Å². The Morgan fingerprint density at radius 1 is 0.852 bits per heavy atom. The van der Waals surface area contributed by atoms with Crippen molar-refractivity contribution >= 4 is 17.5 Å². The number of nitrogens with one attached hydrogen (secondary N) is 2. The molecule has 0 bridgehead atoms. The van der Waals surface area contributed by atoms with Crippen molar-refractivity contribution in [1.82, 2.24) is 5.32 Å². The van der Waals surface area contributed by atoms with Crippen LogP contribution in [0.3, 0.4) is 0 Å². The van der Waals surface area contributed by atoms with Gasteiger partial charge in [-0.1, -0.05) is 12.1 Å². The van der Waals surface area contributed by atoms with Crippen LogP contribution < -0.4 is 29.6 Å². The zero-order valence-corrected chi connectivity index (χ0v) is 15.4. The Balaban J connectivity index is 1.82. The maximum absolute atomic E-state index is 12.0. The summed E-state index contributed by atoms with van der Waals surface area (Å²) in [4.78, 5) is 23.9. The highest BCUT2D eigenvalue weighted by Crippen LogP contribution is 2.29. The Morgan fingerprint density at radius 3 is 2.22 bits per heavy atom. The van der Waals surface area contributed by atoms with E-state index in [2.05, 4.69) is 10.6 Å². The fourth-order valence-electron chi connectivity index (χ4n) is 2.21. The van der Waals surface area contributed by atoms with E-state index in [0.29, 0.717) is 28.7 Å². The molecule has 2 N–H and O–H groups in total. The molecule has 0 radical (unpaired) electrons. The summed E-state index contributed by atoms with van der Waals surface area (Å²) in [5, 5.41) is 5.15. The lowest BCUT2D eigenvalue weighted by Crippen LogP contribution is -2.35. The van der Waals surface area contributed by atoms with Crippen LogP contribution in [0, 0.1) is 0 Å². The number of rotatable bonds is 9. The number of hydrogen-bond acceptors (Lipinski definition) is 6. The molecule has 0 aliphatic heterocycles. The molecule has 0 aromatic heterocycles. The number of carbonyl (C=O) groups is 2. The number of amides is 2. The Labute approximate surface area is 157 Å². The minimum absolute atomic E-state index is 0.205. The molecule has 0 aliphatic carbocycles. The minimum atomic E-state index is -0.433. The molecule has 0 saturated heterocycles. The molecule has 8 nitrogen and oxygen atoms in total. The van der Waals surface area contributed by atoms with Gasteiger partial charge in [0, 0.05) is 6.07 Å². The molecule has 0 fully saturated rings. The monoisotopic (exact) mass is 374 g/mol. The Kier molecular flexibility index (Phi) is 7.30. The van der Waals surface area contributed by atoms with Gasteiger partial charge >= 0.3 is 0 Å². The lowest BCUT2D eigenvalue weighted by Gasteiger charge is -2.12. The lowest BCUT2D eigenvalue weighted by atomic mass is 10.2. The minimum Gasteiger partial charge on any atom is -0.497 e. The van der Waals surface area contributed by atoms with Crippen LogP contribution in [0.25, 0.3) is 0 Å². The molecule has 2 rings (SSSR count). The second-order valence-corrected chi connectivity index (χ2v) is 5.33. The van der Waals surface area contributed by atoms with Crippen LogP contribution in [-0.2, 0) is 9.59 Å². The summed E-state index contributed by atoms with van der Waals surface area (Å²) in [5.74, 6) is 1.19. The molecule has 2 aromatic rings. The van der Waals surface area contributed by atoms with Crippen molar-refractivity contribution < 1.29 is 28.5 Å². The highest BCUT2D eigenvalue weighted by molar-refractivity contribution is 5.95. The fraction of sp³-hybridized carbons (Fsp3) is 0.263. The summed E-state index contributed by atoms with van der Waals surface area (Å²) in [7, 11) is 4.54. The maximum Gasteiger partial charge on any atom is 0.258 e. The van der Waals surface area contributed by atoms with Crippen molar-refractivity contribution in [2.24, 2.45) is 0 Å². The van der Waals surface area contributed by atoms with E-state index in [4.69, 9.17) is 18.9 Å². The van der Waals surface area contributed by atoms with Crippen LogP contribution in [0.4, 0.5) is 5.69 Å². The third-order valence-corrected chi connectivity index (χ3v) is 3.56. The standard InChI is InChI=1S/C19H22N2O6/c1-24-13-8-9-14(17(10-13)26-3)21-18(22)11-20-19(23)12-27-16-7-5-4-6-15(16)25-2/h4-10H,11-12H2,1-3H3,(H,20,23)(H,21,22). The van der Waals surface area contributed by atoms with Gasteiger partial charge in [0.1, 0.15) is 11.5 Å². The van der Waals surface area contributed by atoms with E-state index in [1.807, 2.05) is 0 Å². The second-order valence-electron chi connectivity index (χ2n) is 5.33. The quantitative estimate of drug-likeness (QED) is 0.696. The molecule has 0 saturated carbocycles. The molecule has 0 spiro atoms. The van der Waals surface area contributed by atoms with Crippen LogP contribution in [0.1, 0.15) is 0 Å². The van der Waals surface area contributed by atoms with Crippen molar-refractivity contribution in [2.75, 3.05) is 39.8 Å². The van der Waals surface area contributed by atoms with E-state index in [1.54, 1.807) is 42.5 Å². The number of para-hydroxylation sites is 2. The average molecular weight is 374 g/mol. The zero-order chi connectivity index (χ0) is 19.6. The van der Waals surface area contributed by atoms with E-state index in [9.17, 15) is 9.59 Å². The predicted molar refractivity (Wildman–Crippen MR) is 99.7 cm³/mol. The number of methoxy groups -OCH3 is 3. The molecule has 2 aromatic carbocycles. The summed E-state index contributed by atoms with van der Waals surface area (Å²) < 4.78 is 20.9. The smallest absolute Gasteiger partial charge is 0.258 e. The molecular weight excluding hydrogens is 352 g/mol. The highest BCUT2D eigenvalue weighted by atomic mass is 16.5. The van der Waals surface area contributed by atoms with Crippen molar-refractivity contribution in [3.63, 3.8) is 0 Å². The topological polar surface area (TPSA) is 95.1 Å². The van der Waals surface area contributed by atoms with Crippen LogP contribution in [0.5, 0.6) is 23.0 Å². The van der Waals surface area contributed by atoms with Gasteiger partial charge in [0.2, 0.25) is 5.91 Å². The molecule has 2 amide bonds. The summed E-state index contributed by atoms with van der Waals surface area (Å²) in [6.45, 7) is -0.442. The molecule has 27 heavy (non-hydrogen) atoms. The number of carbonyl (C=O) groups excluding carboxylic acids is 2.